The molecule has 0 saturated carbocycles. The maximum atomic E-state index is 10.9. The van der Waals surface area contributed by atoms with E-state index < -0.39 is 11.9 Å². The smallest absolute Gasteiger partial charge is 0.550 e. The summed E-state index contributed by atoms with van der Waals surface area (Å²) in [5.74, 6) is -1.61. The van der Waals surface area contributed by atoms with Crippen molar-refractivity contribution in [3.8, 4) is 0 Å². The van der Waals surface area contributed by atoms with Crippen molar-refractivity contribution in [2.24, 2.45) is 0 Å². The maximum Gasteiger partial charge on any atom is 1.00 e. The Morgan fingerprint density at radius 1 is 1.12 bits per heavy atom. The number of rotatable bonds is 2. The fraction of sp³-hybridized carbons (Fsp3) is 0.214. The van der Waals surface area contributed by atoms with Gasteiger partial charge >= 0.3 is 29.6 Å². The predicted molar refractivity (Wildman–Crippen MR) is 62.1 cm³/mol. The fourth-order valence-electron chi connectivity index (χ4n) is 1.98. The number of carbonyl (C=O) groups is 1. The summed E-state index contributed by atoms with van der Waals surface area (Å²) in [5.41, 5.74) is 1.98. The van der Waals surface area contributed by atoms with E-state index in [-0.39, 0.29) is 29.6 Å². The Hall–Kier alpha value is -0.830. The van der Waals surface area contributed by atoms with Crippen LogP contribution >= 0.6 is 0 Å². The Bertz CT molecular complexity index is 549. The predicted octanol–water partition coefficient (Wildman–Crippen LogP) is -0.994. The molecule has 2 aromatic rings. The summed E-state index contributed by atoms with van der Waals surface area (Å²) in [6.45, 7) is 3.68. The molecule has 0 aliphatic heterocycles. The Morgan fingerprint density at radius 2 is 1.71 bits per heavy atom. The average molecular weight is 236 g/mol. The van der Waals surface area contributed by atoms with Crippen LogP contribution in [0.15, 0.2) is 36.4 Å². The second-order valence-corrected chi connectivity index (χ2v) is 4.06. The largest absolute Gasteiger partial charge is 1.00 e. The maximum absolute atomic E-state index is 10.9. The first-order valence-corrected chi connectivity index (χ1v) is 5.30. The number of hydrogen-bond acceptors (Lipinski definition) is 2. The van der Waals surface area contributed by atoms with Gasteiger partial charge in [0.25, 0.3) is 0 Å². The van der Waals surface area contributed by atoms with Crippen molar-refractivity contribution in [2.45, 2.75) is 19.8 Å². The van der Waals surface area contributed by atoms with E-state index in [0.29, 0.717) is 0 Å². The van der Waals surface area contributed by atoms with Crippen molar-refractivity contribution in [1.82, 2.24) is 0 Å². The molecule has 3 heteroatoms. The second-order valence-electron chi connectivity index (χ2n) is 4.06. The SMILES string of the molecule is Cc1ccc([C@@H](C)C(=O)[O-])c2ccccc12.[Na+]. The molecule has 0 spiro atoms. The Labute approximate surface area is 123 Å². The number of carboxylic acids is 1. The van der Waals surface area contributed by atoms with Crippen LogP contribution in [-0.4, -0.2) is 5.97 Å². The summed E-state index contributed by atoms with van der Waals surface area (Å²) in [5, 5.41) is 13.0. The van der Waals surface area contributed by atoms with Crippen LogP contribution in [0.25, 0.3) is 10.8 Å². The number of aryl methyl sites for hydroxylation is 1. The molecule has 0 aromatic heterocycles. The van der Waals surface area contributed by atoms with Crippen LogP contribution in [0, 0.1) is 6.92 Å². The number of fused-ring (bicyclic) bond motifs is 1. The summed E-state index contributed by atoms with van der Waals surface area (Å²) in [6.07, 6.45) is 0. The Balaban J connectivity index is 0.00000144. The van der Waals surface area contributed by atoms with Crippen LogP contribution in [0.3, 0.4) is 0 Å². The molecular formula is C14H13NaO2. The summed E-state index contributed by atoms with van der Waals surface area (Å²) < 4.78 is 0. The molecule has 0 aliphatic carbocycles. The van der Waals surface area contributed by atoms with Crippen LogP contribution in [0.5, 0.6) is 0 Å². The number of benzene rings is 2. The van der Waals surface area contributed by atoms with Crippen LogP contribution in [0.1, 0.15) is 24.0 Å². The molecule has 2 aromatic carbocycles. The van der Waals surface area contributed by atoms with Crippen molar-refractivity contribution in [3.63, 3.8) is 0 Å². The Morgan fingerprint density at radius 3 is 2.29 bits per heavy atom. The van der Waals surface area contributed by atoms with Crippen molar-refractivity contribution < 1.29 is 39.5 Å². The summed E-state index contributed by atoms with van der Waals surface area (Å²) in [4.78, 5) is 10.9. The average Bonchev–Trinajstić information content (AvgIpc) is 2.29. The quantitative estimate of drug-likeness (QED) is 0.628. The first-order valence-electron chi connectivity index (χ1n) is 5.30. The van der Waals surface area contributed by atoms with Crippen LogP contribution in [0.2, 0.25) is 0 Å². The van der Waals surface area contributed by atoms with Gasteiger partial charge in [0.15, 0.2) is 0 Å². The molecule has 82 valence electrons. The van der Waals surface area contributed by atoms with Crippen molar-refractivity contribution in [2.75, 3.05) is 0 Å². The third-order valence-corrected chi connectivity index (χ3v) is 3.00. The normalized spacial score (nSPS) is 11.9. The van der Waals surface area contributed by atoms with Gasteiger partial charge in [0.05, 0.1) is 0 Å². The van der Waals surface area contributed by atoms with Gasteiger partial charge in [-0.15, -0.1) is 0 Å². The van der Waals surface area contributed by atoms with Gasteiger partial charge in [-0.05, 0) is 28.8 Å². The van der Waals surface area contributed by atoms with E-state index in [9.17, 15) is 9.90 Å². The number of carboxylic acid groups (broad SMARTS) is 1. The first kappa shape index (κ1) is 14.2. The molecule has 1 atom stereocenters. The molecule has 0 radical (unpaired) electrons. The second kappa shape index (κ2) is 5.67. The minimum absolute atomic E-state index is 0. The monoisotopic (exact) mass is 236 g/mol. The molecule has 2 rings (SSSR count). The zero-order chi connectivity index (χ0) is 11.7. The molecule has 0 unspecified atom stereocenters. The van der Waals surface area contributed by atoms with Gasteiger partial charge < -0.3 is 9.90 Å². The molecule has 17 heavy (non-hydrogen) atoms. The zero-order valence-electron chi connectivity index (χ0n) is 10.4. The fourth-order valence-corrected chi connectivity index (χ4v) is 1.98. The van der Waals surface area contributed by atoms with Crippen molar-refractivity contribution >= 4 is 16.7 Å². The minimum atomic E-state index is -1.03. The standard InChI is InChI=1S/C14H14O2.Na/c1-9-7-8-12(10(2)14(15)16)13-6-4-3-5-11(9)13;/h3-8,10H,1-2H3,(H,15,16);/q;+1/p-1/t10-;/m1./s1. The van der Waals surface area contributed by atoms with E-state index in [0.717, 1.165) is 21.9 Å². The van der Waals surface area contributed by atoms with E-state index in [2.05, 4.69) is 0 Å². The summed E-state index contributed by atoms with van der Waals surface area (Å²) in [7, 11) is 0. The van der Waals surface area contributed by atoms with E-state index in [4.69, 9.17) is 0 Å². The molecule has 0 heterocycles. The topological polar surface area (TPSA) is 40.1 Å². The van der Waals surface area contributed by atoms with Crippen LogP contribution < -0.4 is 34.7 Å². The van der Waals surface area contributed by atoms with Crippen molar-refractivity contribution in [1.29, 1.82) is 0 Å². The Kier molecular flexibility index (Phi) is 4.75. The third-order valence-electron chi connectivity index (χ3n) is 3.00. The molecule has 0 N–H and O–H groups in total. The molecule has 0 fully saturated rings. The van der Waals surface area contributed by atoms with Gasteiger partial charge in [-0.25, -0.2) is 0 Å². The third kappa shape index (κ3) is 2.71. The molecule has 0 amide bonds. The van der Waals surface area contributed by atoms with E-state index in [1.807, 2.05) is 43.3 Å². The van der Waals surface area contributed by atoms with Crippen LogP contribution in [-0.2, 0) is 4.79 Å². The molecule has 0 saturated heterocycles. The summed E-state index contributed by atoms with van der Waals surface area (Å²) in [6, 6.07) is 11.7. The first-order chi connectivity index (χ1) is 7.61. The summed E-state index contributed by atoms with van der Waals surface area (Å²) >= 11 is 0. The zero-order valence-corrected chi connectivity index (χ0v) is 12.4. The molecule has 0 aliphatic rings. The van der Waals surface area contributed by atoms with E-state index >= 15 is 0 Å². The van der Waals surface area contributed by atoms with Gasteiger partial charge in [0.1, 0.15) is 0 Å². The van der Waals surface area contributed by atoms with Gasteiger partial charge in [-0.1, -0.05) is 43.3 Å². The number of hydrogen-bond donors (Lipinski definition) is 0. The number of aliphatic carboxylic acids is 1. The molecule has 2 nitrogen and oxygen atoms in total. The van der Waals surface area contributed by atoms with E-state index in [1.54, 1.807) is 6.92 Å². The van der Waals surface area contributed by atoms with Crippen molar-refractivity contribution in [3.05, 3.63) is 47.5 Å². The minimum Gasteiger partial charge on any atom is -0.550 e. The van der Waals surface area contributed by atoms with Gasteiger partial charge in [-0.2, -0.15) is 0 Å². The molecular weight excluding hydrogens is 223 g/mol. The van der Waals surface area contributed by atoms with Crippen LogP contribution in [0.4, 0.5) is 0 Å². The number of carbonyl (C=O) groups excluding carboxylic acids is 1. The van der Waals surface area contributed by atoms with E-state index in [1.165, 1.54) is 0 Å². The van der Waals surface area contributed by atoms with Gasteiger partial charge in [-0.3, -0.25) is 0 Å². The molecule has 0 bridgehead atoms. The van der Waals surface area contributed by atoms with Gasteiger partial charge in [0, 0.05) is 11.9 Å². The van der Waals surface area contributed by atoms with Gasteiger partial charge in [0.2, 0.25) is 0 Å².